The van der Waals surface area contributed by atoms with Crippen LogP contribution >= 0.6 is 0 Å². The van der Waals surface area contributed by atoms with Gasteiger partial charge in [0.15, 0.2) is 0 Å². The van der Waals surface area contributed by atoms with Crippen molar-refractivity contribution in [1.82, 2.24) is 0 Å². The van der Waals surface area contributed by atoms with E-state index in [4.69, 9.17) is 0 Å². The zero-order valence-electron chi connectivity index (χ0n) is 10.3. The normalized spacial score (nSPS) is 10.5. The zero-order chi connectivity index (χ0) is 13.8. The van der Waals surface area contributed by atoms with E-state index in [1.165, 1.54) is 18.2 Å². The smallest absolute Gasteiger partial charge is 0.387 e. The van der Waals surface area contributed by atoms with Crippen LogP contribution in [-0.4, -0.2) is 12.9 Å². The summed E-state index contributed by atoms with van der Waals surface area (Å²) in [6.45, 7) is -0.964. The maximum absolute atomic E-state index is 12.4. The topological polar surface area (TPSA) is 26.3 Å². The number of aryl methyl sites for hydroxylation is 1. The lowest BCUT2D eigenvalue weighted by atomic mass is 10.0. The van der Waals surface area contributed by atoms with Crippen molar-refractivity contribution < 1.29 is 18.3 Å². The number of rotatable bonds is 4. The third kappa shape index (κ3) is 3.16. The summed E-state index contributed by atoms with van der Waals surface area (Å²) in [6.07, 6.45) is 0.670. The molecule has 0 saturated carbocycles. The number of aldehydes is 1. The van der Waals surface area contributed by atoms with Crippen LogP contribution in [0.3, 0.4) is 0 Å². The summed E-state index contributed by atoms with van der Waals surface area (Å²) < 4.78 is 29.2. The predicted octanol–water partition coefficient (Wildman–Crippen LogP) is 4.08. The van der Waals surface area contributed by atoms with E-state index in [9.17, 15) is 13.6 Å². The molecule has 0 aliphatic heterocycles. The Balaban J connectivity index is 2.51. The number of hydrogen-bond donors (Lipinski definition) is 0. The van der Waals surface area contributed by atoms with E-state index in [-0.39, 0.29) is 5.75 Å². The molecular weight excluding hydrogens is 250 g/mol. The molecule has 4 heteroatoms. The SMILES string of the molecule is Cc1ccc(-c2cc(C=O)ccc2OC(F)F)cc1. The highest BCUT2D eigenvalue weighted by Crippen LogP contribution is 2.32. The highest BCUT2D eigenvalue weighted by atomic mass is 19.3. The average Bonchev–Trinajstić information content (AvgIpc) is 2.40. The molecule has 2 rings (SSSR count). The maximum atomic E-state index is 12.4. The minimum absolute atomic E-state index is 0.0597. The van der Waals surface area contributed by atoms with Crippen molar-refractivity contribution in [2.75, 3.05) is 0 Å². The molecule has 2 aromatic rings. The van der Waals surface area contributed by atoms with Gasteiger partial charge in [0, 0.05) is 11.1 Å². The molecule has 0 radical (unpaired) electrons. The summed E-state index contributed by atoms with van der Waals surface area (Å²) in [4.78, 5) is 10.8. The molecule has 0 aliphatic carbocycles. The standard InChI is InChI=1S/C15H12F2O2/c1-10-2-5-12(6-3-10)13-8-11(9-18)4-7-14(13)19-15(16)17/h2-9,15H,1H3. The van der Waals surface area contributed by atoms with Gasteiger partial charge < -0.3 is 4.74 Å². The van der Waals surface area contributed by atoms with E-state index >= 15 is 0 Å². The van der Waals surface area contributed by atoms with Crippen LogP contribution in [0.15, 0.2) is 42.5 Å². The third-order valence-corrected chi connectivity index (χ3v) is 2.72. The Hall–Kier alpha value is -2.23. The maximum Gasteiger partial charge on any atom is 0.387 e. The molecule has 2 aromatic carbocycles. The summed E-state index contributed by atoms with van der Waals surface area (Å²) in [7, 11) is 0. The molecule has 19 heavy (non-hydrogen) atoms. The first-order valence-corrected chi connectivity index (χ1v) is 5.71. The lowest BCUT2D eigenvalue weighted by Crippen LogP contribution is -2.03. The quantitative estimate of drug-likeness (QED) is 0.776. The number of hydrogen-bond acceptors (Lipinski definition) is 2. The number of halogens is 2. The average molecular weight is 262 g/mol. The van der Waals surface area contributed by atoms with Gasteiger partial charge >= 0.3 is 6.61 Å². The fourth-order valence-corrected chi connectivity index (χ4v) is 1.78. The van der Waals surface area contributed by atoms with Crippen LogP contribution in [0.5, 0.6) is 5.75 Å². The molecule has 0 aromatic heterocycles. The van der Waals surface area contributed by atoms with Crippen molar-refractivity contribution in [3.63, 3.8) is 0 Å². The van der Waals surface area contributed by atoms with Crippen LogP contribution < -0.4 is 4.74 Å². The Kier molecular flexibility index (Phi) is 3.90. The van der Waals surface area contributed by atoms with Crippen LogP contribution in [0, 0.1) is 6.92 Å². The van der Waals surface area contributed by atoms with Gasteiger partial charge in [-0.3, -0.25) is 4.79 Å². The van der Waals surface area contributed by atoms with Gasteiger partial charge in [0.05, 0.1) is 0 Å². The third-order valence-electron chi connectivity index (χ3n) is 2.72. The van der Waals surface area contributed by atoms with Gasteiger partial charge in [0.2, 0.25) is 0 Å². The molecular formula is C15H12F2O2. The Morgan fingerprint density at radius 2 is 1.79 bits per heavy atom. The Labute approximate surface area is 109 Å². The molecule has 2 nitrogen and oxygen atoms in total. The second kappa shape index (κ2) is 5.61. The number of carbonyl (C=O) groups excluding carboxylic acids is 1. The monoisotopic (exact) mass is 262 g/mol. The minimum atomic E-state index is -2.90. The van der Waals surface area contributed by atoms with Crippen molar-refractivity contribution in [1.29, 1.82) is 0 Å². The number of benzene rings is 2. The first kappa shape index (κ1) is 13.2. The van der Waals surface area contributed by atoms with Gasteiger partial charge in [-0.2, -0.15) is 8.78 Å². The Morgan fingerprint density at radius 1 is 1.11 bits per heavy atom. The van der Waals surface area contributed by atoms with Crippen LogP contribution in [0.1, 0.15) is 15.9 Å². The van der Waals surface area contributed by atoms with E-state index in [1.54, 1.807) is 12.1 Å². The largest absolute Gasteiger partial charge is 0.434 e. The summed E-state index contributed by atoms with van der Waals surface area (Å²) in [6, 6.07) is 11.7. The van der Waals surface area contributed by atoms with Crippen molar-refractivity contribution >= 4 is 6.29 Å². The molecule has 0 saturated heterocycles. The fraction of sp³-hybridized carbons (Fsp3) is 0.133. The molecule has 0 spiro atoms. The van der Waals surface area contributed by atoms with E-state index in [1.807, 2.05) is 19.1 Å². The van der Waals surface area contributed by atoms with Gasteiger partial charge in [-0.15, -0.1) is 0 Å². The van der Waals surface area contributed by atoms with Crippen LogP contribution in [0.25, 0.3) is 11.1 Å². The van der Waals surface area contributed by atoms with E-state index in [2.05, 4.69) is 4.74 Å². The van der Waals surface area contributed by atoms with Crippen LogP contribution in [0.4, 0.5) is 8.78 Å². The molecule has 0 unspecified atom stereocenters. The summed E-state index contributed by atoms with van der Waals surface area (Å²) in [5.74, 6) is 0.0597. The molecule has 0 N–H and O–H groups in total. The predicted molar refractivity (Wildman–Crippen MR) is 68.6 cm³/mol. The highest BCUT2D eigenvalue weighted by Gasteiger charge is 2.12. The van der Waals surface area contributed by atoms with Crippen molar-refractivity contribution in [3.05, 3.63) is 53.6 Å². The minimum Gasteiger partial charge on any atom is -0.434 e. The second-order valence-corrected chi connectivity index (χ2v) is 4.12. The molecule has 0 amide bonds. The molecule has 0 fully saturated rings. The first-order valence-electron chi connectivity index (χ1n) is 5.71. The first-order chi connectivity index (χ1) is 9.10. The number of carbonyl (C=O) groups is 1. The van der Waals surface area contributed by atoms with Gasteiger partial charge in [-0.1, -0.05) is 29.8 Å². The fourth-order valence-electron chi connectivity index (χ4n) is 1.78. The molecule has 98 valence electrons. The Morgan fingerprint density at radius 3 is 2.37 bits per heavy atom. The number of ether oxygens (including phenoxy) is 1. The van der Waals surface area contributed by atoms with Gasteiger partial charge in [0.25, 0.3) is 0 Å². The summed E-state index contributed by atoms with van der Waals surface area (Å²) >= 11 is 0. The lowest BCUT2D eigenvalue weighted by Gasteiger charge is -2.11. The summed E-state index contributed by atoms with van der Waals surface area (Å²) in [5, 5.41) is 0. The molecule has 0 atom stereocenters. The lowest BCUT2D eigenvalue weighted by molar-refractivity contribution is -0.0494. The highest BCUT2D eigenvalue weighted by molar-refractivity contribution is 5.81. The van der Waals surface area contributed by atoms with Gasteiger partial charge in [0.1, 0.15) is 12.0 Å². The second-order valence-electron chi connectivity index (χ2n) is 4.12. The summed E-state index contributed by atoms with van der Waals surface area (Å²) in [5.41, 5.74) is 2.68. The van der Waals surface area contributed by atoms with E-state index in [0.29, 0.717) is 17.4 Å². The van der Waals surface area contributed by atoms with Crippen LogP contribution in [0.2, 0.25) is 0 Å². The van der Waals surface area contributed by atoms with Crippen molar-refractivity contribution in [2.24, 2.45) is 0 Å². The van der Waals surface area contributed by atoms with Gasteiger partial charge in [-0.25, -0.2) is 0 Å². The Bertz CT molecular complexity index is 577. The van der Waals surface area contributed by atoms with Crippen LogP contribution in [-0.2, 0) is 0 Å². The molecule has 0 heterocycles. The van der Waals surface area contributed by atoms with Crippen molar-refractivity contribution in [2.45, 2.75) is 13.5 Å². The molecule has 0 aliphatic rings. The van der Waals surface area contributed by atoms with Crippen molar-refractivity contribution in [3.8, 4) is 16.9 Å². The molecule has 0 bridgehead atoms. The van der Waals surface area contributed by atoms with E-state index < -0.39 is 6.61 Å². The van der Waals surface area contributed by atoms with E-state index in [0.717, 1.165) is 11.1 Å². The number of alkyl halides is 2. The zero-order valence-corrected chi connectivity index (χ0v) is 10.3. The van der Waals surface area contributed by atoms with Gasteiger partial charge in [-0.05, 0) is 30.7 Å².